The molecule has 0 radical (unpaired) electrons. The van der Waals surface area contributed by atoms with Gasteiger partial charge in [0.1, 0.15) is 5.02 Å². The smallest absolute Gasteiger partial charge is 0.287 e. The van der Waals surface area contributed by atoms with Crippen molar-refractivity contribution in [3.63, 3.8) is 0 Å². The van der Waals surface area contributed by atoms with Crippen molar-refractivity contribution < 1.29 is 4.79 Å². The van der Waals surface area contributed by atoms with Gasteiger partial charge in [0.05, 0.1) is 18.4 Å². The minimum atomic E-state index is -0.364. The highest BCUT2D eigenvalue weighted by Gasteiger charge is 2.10. The quantitative estimate of drug-likeness (QED) is 0.850. The first kappa shape index (κ1) is 13.5. The largest absolute Gasteiger partial charge is 0.373 e. The Morgan fingerprint density at radius 2 is 2.24 bits per heavy atom. The summed E-state index contributed by atoms with van der Waals surface area (Å²) in [6, 6.07) is 0. The number of halogens is 1. The van der Waals surface area contributed by atoms with Gasteiger partial charge in [-0.25, -0.2) is 4.68 Å². The maximum atomic E-state index is 11.6. The summed E-state index contributed by atoms with van der Waals surface area (Å²) in [5.41, 5.74) is 0.00744. The van der Waals surface area contributed by atoms with E-state index in [2.05, 4.69) is 10.4 Å². The summed E-state index contributed by atoms with van der Waals surface area (Å²) >= 11 is 5.88. The molecule has 1 N–H and O–H groups in total. The molecule has 94 valence electrons. The van der Waals surface area contributed by atoms with Gasteiger partial charge >= 0.3 is 0 Å². The molecule has 0 aliphatic carbocycles. The molecule has 1 amide bonds. The summed E-state index contributed by atoms with van der Waals surface area (Å²) in [6.07, 6.45) is 1.44. The van der Waals surface area contributed by atoms with Crippen molar-refractivity contribution in [1.29, 1.82) is 0 Å². The van der Waals surface area contributed by atoms with Crippen LogP contribution in [0.4, 0.5) is 5.69 Å². The van der Waals surface area contributed by atoms with Gasteiger partial charge in [0.15, 0.2) is 0 Å². The number of carbonyl (C=O) groups is 1. The fourth-order valence-electron chi connectivity index (χ4n) is 1.14. The fourth-order valence-corrected chi connectivity index (χ4v) is 1.36. The van der Waals surface area contributed by atoms with E-state index in [9.17, 15) is 9.59 Å². The zero-order valence-corrected chi connectivity index (χ0v) is 10.8. The predicted molar refractivity (Wildman–Crippen MR) is 66.4 cm³/mol. The van der Waals surface area contributed by atoms with Gasteiger partial charge in [-0.15, -0.1) is 0 Å². The highest BCUT2D eigenvalue weighted by Crippen LogP contribution is 2.14. The number of rotatable bonds is 4. The summed E-state index contributed by atoms with van der Waals surface area (Å²) < 4.78 is 1.25. The number of aromatic nitrogens is 2. The lowest BCUT2D eigenvalue weighted by atomic mass is 10.4. The molecule has 7 heteroatoms. The van der Waals surface area contributed by atoms with Crippen molar-refractivity contribution in [3.05, 3.63) is 21.6 Å². The first-order chi connectivity index (χ1) is 7.97. The highest BCUT2D eigenvalue weighted by atomic mass is 35.5. The van der Waals surface area contributed by atoms with Crippen LogP contribution in [-0.4, -0.2) is 41.2 Å². The van der Waals surface area contributed by atoms with E-state index in [1.807, 2.05) is 0 Å². The highest BCUT2D eigenvalue weighted by molar-refractivity contribution is 6.33. The summed E-state index contributed by atoms with van der Waals surface area (Å²) in [4.78, 5) is 24.4. The van der Waals surface area contributed by atoms with Crippen LogP contribution in [0.1, 0.15) is 6.92 Å². The zero-order valence-electron chi connectivity index (χ0n) is 10.0. The molecule has 0 aromatic carbocycles. The van der Waals surface area contributed by atoms with E-state index in [1.54, 1.807) is 21.0 Å². The summed E-state index contributed by atoms with van der Waals surface area (Å²) in [7, 11) is 3.30. The number of hydrogen-bond donors (Lipinski definition) is 1. The van der Waals surface area contributed by atoms with Crippen LogP contribution < -0.4 is 10.9 Å². The monoisotopic (exact) mass is 258 g/mol. The third-order valence-corrected chi connectivity index (χ3v) is 2.58. The van der Waals surface area contributed by atoms with Crippen LogP contribution in [0.2, 0.25) is 5.02 Å². The Kier molecular flexibility index (Phi) is 4.51. The number of nitrogens with one attached hydrogen (secondary N) is 1. The molecule has 0 fully saturated rings. The van der Waals surface area contributed by atoms with Crippen LogP contribution in [0.3, 0.4) is 0 Å². The van der Waals surface area contributed by atoms with Crippen LogP contribution in [0, 0.1) is 0 Å². The Bertz CT molecular complexity index is 470. The van der Waals surface area contributed by atoms with Gasteiger partial charge in [-0.3, -0.25) is 9.59 Å². The summed E-state index contributed by atoms with van der Waals surface area (Å²) in [5, 5.41) is 6.75. The summed E-state index contributed by atoms with van der Waals surface area (Å²) in [5.74, 6) is -0.110. The lowest BCUT2D eigenvalue weighted by Crippen LogP contribution is -2.30. The number of amides is 1. The standard InChI is InChI=1S/C10H15ClN4O2/c1-4-15-10(17)9(11)7(5-13-15)12-6-8(16)14(2)3/h5,12H,4,6H2,1-3H3. The second kappa shape index (κ2) is 5.67. The van der Waals surface area contributed by atoms with Crippen LogP contribution in [0.15, 0.2) is 11.0 Å². The Balaban J connectivity index is 2.84. The average Bonchev–Trinajstić information content (AvgIpc) is 2.30. The minimum Gasteiger partial charge on any atom is -0.373 e. The maximum absolute atomic E-state index is 11.6. The van der Waals surface area contributed by atoms with Crippen molar-refractivity contribution in [2.24, 2.45) is 0 Å². The lowest BCUT2D eigenvalue weighted by molar-refractivity contribution is -0.126. The topological polar surface area (TPSA) is 67.2 Å². The van der Waals surface area contributed by atoms with E-state index < -0.39 is 0 Å². The second-order valence-corrected chi connectivity index (χ2v) is 4.01. The van der Waals surface area contributed by atoms with Crippen molar-refractivity contribution >= 4 is 23.2 Å². The van der Waals surface area contributed by atoms with E-state index >= 15 is 0 Å². The Morgan fingerprint density at radius 1 is 1.59 bits per heavy atom. The molecule has 1 aromatic rings. The molecule has 0 aliphatic rings. The van der Waals surface area contributed by atoms with Gasteiger partial charge in [-0.05, 0) is 6.92 Å². The zero-order chi connectivity index (χ0) is 13.0. The maximum Gasteiger partial charge on any atom is 0.287 e. The van der Waals surface area contributed by atoms with E-state index in [4.69, 9.17) is 11.6 Å². The average molecular weight is 259 g/mol. The molecule has 1 aromatic heterocycles. The number of carbonyl (C=O) groups excluding carboxylic acids is 1. The van der Waals surface area contributed by atoms with Gasteiger partial charge < -0.3 is 10.2 Å². The van der Waals surface area contributed by atoms with Gasteiger partial charge in [0.25, 0.3) is 5.56 Å². The number of anilines is 1. The lowest BCUT2D eigenvalue weighted by Gasteiger charge is -2.12. The molecule has 0 saturated heterocycles. The third kappa shape index (κ3) is 3.20. The molecule has 17 heavy (non-hydrogen) atoms. The summed E-state index contributed by atoms with van der Waals surface area (Å²) in [6.45, 7) is 2.33. The molecule has 0 aliphatic heterocycles. The Hall–Kier alpha value is -1.56. The normalized spacial score (nSPS) is 10.1. The van der Waals surface area contributed by atoms with Crippen LogP contribution >= 0.6 is 11.6 Å². The Labute approximate surface area is 104 Å². The molecule has 0 spiro atoms. The Morgan fingerprint density at radius 3 is 2.76 bits per heavy atom. The van der Waals surface area contributed by atoms with Crippen molar-refractivity contribution in [2.75, 3.05) is 26.0 Å². The van der Waals surface area contributed by atoms with Crippen LogP contribution in [-0.2, 0) is 11.3 Å². The van der Waals surface area contributed by atoms with Gasteiger partial charge in [0.2, 0.25) is 5.91 Å². The second-order valence-electron chi connectivity index (χ2n) is 3.63. The molecule has 0 atom stereocenters. The van der Waals surface area contributed by atoms with Crippen LogP contribution in [0.5, 0.6) is 0 Å². The molecule has 1 heterocycles. The SMILES string of the molecule is CCn1ncc(NCC(=O)N(C)C)c(Cl)c1=O. The molecule has 0 unspecified atom stereocenters. The van der Waals surface area contributed by atoms with Crippen molar-refractivity contribution in [1.82, 2.24) is 14.7 Å². The first-order valence-electron chi connectivity index (χ1n) is 5.17. The molecule has 0 bridgehead atoms. The number of aryl methyl sites for hydroxylation is 1. The van der Waals surface area contributed by atoms with Gasteiger partial charge in [0, 0.05) is 20.6 Å². The molecule has 0 saturated carbocycles. The van der Waals surface area contributed by atoms with E-state index in [1.165, 1.54) is 15.8 Å². The van der Waals surface area contributed by atoms with Gasteiger partial charge in [-0.1, -0.05) is 11.6 Å². The van der Waals surface area contributed by atoms with E-state index in [-0.39, 0.29) is 23.0 Å². The predicted octanol–water partition coefficient (Wildman–Crippen LogP) is 0.417. The third-order valence-electron chi connectivity index (χ3n) is 2.21. The van der Waals surface area contributed by atoms with Gasteiger partial charge in [-0.2, -0.15) is 5.10 Å². The van der Waals surface area contributed by atoms with Crippen LogP contribution in [0.25, 0.3) is 0 Å². The van der Waals surface area contributed by atoms with E-state index in [0.29, 0.717) is 12.2 Å². The number of hydrogen-bond acceptors (Lipinski definition) is 4. The molecular formula is C10H15ClN4O2. The number of likely N-dealkylation sites (N-methyl/N-ethyl adjacent to an activating group) is 1. The van der Waals surface area contributed by atoms with Crippen molar-refractivity contribution in [3.8, 4) is 0 Å². The molecular weight excluding hydrogens is 244 g/mol. The first-order valence-corrected chi connectivity index (χ1v) is 5.54. The molecule has 1 rings (SSSR count). The van der Waals surface area contributed by atoms with E-state index in [0.717, 1.165) is 0 Å². The molecule has 6 nitrogen and oxygen atoms in total. The van der Waals surface area contributed by atoms with Crippen molar-refractivity contribution in [2.45, 2.75) is 13.5 Å². The minimum absolute atomic E-state index is 0.0495. The number of nitrogens with zero attached hydrogens (tertiary/aromatic N) is 3. The fraction of sp³-hybridized carbons (Fsp3) is 0.500.